The molecule has 3 aromatic rings. The van der Waals surface area contributed by atoms with Crippen LogP contribution in [0.1, 0.15) is 44.0 Å². The topological polar surface area (TPSA) is 69.0 Å². The van der Waals surface area contributed by atoms with E-state index in [1.807, 2.05) is 24.5 Å². The van der Waals surface area contributed by atoms with Crippen LogP contribution in [0.5, 0.6) is 17.2 Å². The van der Waals surface area contributed by atoms with Crippen LogP contribution in [0.3, 0.4) is 0 Å². The fraction of sp³-hybridized carbons (Fsp3) is 0.483. The van der Waals surface area contributed by atoms with Crippen LogP contribution in [-0.4, -0.2) is 58.6 Å². The van der Waals surface area contributed by atoms with Crippen molar-refractivity contribution in [3.05, 3.63) is 72.1 Å². The summed E-state index contributed by atoms with van der Waals surface area (Å²) < 4.78 is 33.3. The second-order valence-electron chi connectivity index (χ2n) is 9.65. The van der Waals surface area contributed by atoms with Gasteiger partial charge in [-0.2, -0.15) is 0 Å². The second-order valence-corrected chi connectivity index (χ2v) is 9.65. The molecule has 2 aromatic carbocycles. The Balaban J connectivity index is 1.26. The molecule has 200 valence electrons. The third kappa shape index (κ3) is 7.46. The summed E-state index contributed by atoms with van der Waals surface area (Å²) in [5.41, 5.74) is 0.157. The maximum Gasteiger partial charge on any atom is 0.165 e. The quantitative estimate of drug-likeness (QED) is 0.351. The zero-order valence-corrected chi connectivity index (χ0v) is 21.9. The first-order valence-electron chi connectivity index (χ1n) is 13.1. The van der Waals surface area contributed by atoms with Crippen molar-refractivity contribution in [2.75, 3.05) is 33.4 Å². The molecule has 0 radical (unpaired) electrons. The van der Waals surface area contributed by atoms with Crippen LogP contribution in [0.15, 0.2) is 54.9 Å². The number of aromatic nitrogens is 2. The number of methoxy groups -OCH3 is 1. The standard InChI is InChI=1S/C29H38FN3O4/c1-3-28-31-14-18-33(28)16-7-19-36-26-11-10-23(20-27(26)35-2)21-32-15-6-12-29(34,13-17-32)22-37-25-9-5-4-8-24(25)30/h4-5,8-11,14,18,20,34H,3,6-7,12-13,15-17,19,21-22H2,1-2H3/t29-/m0/s1. The van der Waals surface area contributed by atoms with E-state index in [1.54, 1.807) is 25.3 Å². The minimum Gasteiger partial charge on any atom is -0.493 e. The lowest BCUT2D eigenvalue weighted by Crippen LogP contribution is -2.37. The Bertz CT molecular complexity index is 1140. The number of para-hydroxylation sites is 1. The zero-order chi connectivity index (χ0) is 26.1. The molecule has 0 amide bonds. The summed E-state index contributed by atoms with van der Waals surface area (Å²) in [6.07, 6.45) is 7.67. The molecule has 1 atom stereocenters. The van der Waals surface area contributed by atoms with Gasteiger partial charge in [0.2, 0.25) is 0 Å². The number of aliphatic hydroxyl groups is 1. The summed E-state index contributed by atoms with van der Waals surface area (Å²) in [6, 6.07) is 12.4. The monoisotopic (exact) mass is 511 g/mol. The molecule has 2 heterocycles. The Morgan fingerprint density at radius 2 is 1.92 bits per heavy atom. The van der Waals surface area contributed by atoms with Crippen molar-refractivity contribution < 1.29 is 23.7 Å². The van der Waals surface area contributed by atoms with Crippen LogP contribution in [0.4, 0.5) is 4.39 Å². The first kappa shape index (κ1) is 26.9. The maximum atomic E-state index is 13.9. The third-order valence-electron chi connectivity index (χ3n) is 6.90. The minimum absolute atomic E-state index is 0.0856. The number of hydrogen-bond acceptors (Lipinski definition) is 6. The third-order valence-corrected chi connectivity index (χ3v) is 6.90. The van der Waals surface area contributed by atoms with Gasteiger partial charge < -0.3 is 23.9 Å². The first-order valence-corrected chi connectivity index (χ1v) is 13.1. The number of ether oxygens (including phenoxy) is 3. The summed E-state index contributed by atoms with van der Waals surface area (Å²) in [6.45, 7) is 6.01. The van der Waals surface area contributed by atoms with Crippen LogP contribution in [0, 0.1) is 5.82 Å². The van der Waals surface area contributed by atoms with Crippen LogP contribution >= 0.6 is 0 Å². The molecule has 0 bridgehead atoms. The van der Waals surface area contributed by atoms with Gasteiger partial charge in [0.05, 0.1) is 19.3 Å². The van der Waals surface area contributed by atoms with E-state index in [9.17, 15) is 9.50 Å². The first-order chi connectivity index (χ1) is 18.0. The molecule has 0 aliphatic carbocycles. The molecule has 1 fully saturated rings. The number of aryl methyl sites for hydroxylation is 2. The highest BCUT2D eigenvalue weighted by atomic mass is 19.1. The van der Waals surface area contributed by atoms with E-state index in [4.69, 9.17) is 14.2 Å². The number of nitrogens with zero attached hydrogens (tertiary/aromatic N) is 3. The number of hydrogen-bond donors (Lipinski definition) is 1. The van der Waals surface area contributed by atoms with E-state index in [1.165, 1.54) is 6.07 Å². The summed E-state index contributed by atoms with van der Waals surface area (Å²) in [4.78, 5) is 6.69. The van der Waals surface area contributed by atoms with Crippen LogP contribution in [-0.2, 0) is 19.5 Å². The lowest BCUT2D eigenvalue weighted by atomic mass is 9.96. The van der Waals surface area contributed by atoms with Gasteiger partial charge in [-0.1, -0.05) is 25.1 Å². The Morgan fingerprint density at radius 3 is 2.73 bits per heavy atom. The summed E-state index contributed by atoms with van der Waals surface area (Å²) in [5.74, 6) is 2.32. The predicted octanol–water partition coefficient (Wildman–Crippen LogP) is 4.86. The molecule has 1 aliphatic heterocycles. The highest BCUT2D eigenvalue weighted by Gasteiger charge is 2.31. The molecule has 7 nitrogen and oxygen atoms in total. The van der Waals surface area contributed by atoms with E-state index >= 15 is 0 Å². The van der Waals surface area contributed by atoms with Gasteiger partial charge in [0.15, 0.2) is 23.1 Å². The zero-order valence-electron chi connectivity index (χ0n) is 21.9. The van der Waals surface area contributed by atoms with Gasteiger partial charge >= 0.3 is 0 Å². The van der Waals surface area contributed by atoms with Gasteiger partial charge in [-0.05, 0) is 62.1 Å². The fourth-order valence-electron chi connectivity index (χ4n) is 4.77. The van der Waals surface area contributed by atoms with Crippen molar-refractivity contribution in [2.45, 2.75) is 57.7 Å². The molecule has 1 aromatic heterocycles. The van der Waals surface area contributed by atoms with Crippen molar-refractivity contribution >= 4 is 0 Å². The number of likely N-dealkylation sites (tertiary alicyclic amines) is 1. The highest BCUT2D eigenvalue weighted by molar-refractivity contribution is 5.43. The van der Waals surface area contributed by atoms with Gasteiger partial charge in [0.25, 0.3) is 0 Å². The highest BCUT2D eigenvalue weighted by Crippen LogP contribution is 2.30. The molecule has 37 heavy (non-hydrogen) atoms. The van der Waals surface area contributed by atoms with Gasteiger partial charge in [-0.3, -0.25) is 4.90 Å². The Kier molecular flexibility index (Phi) is 9.41. The van der Waals surface area contributed by atoms with Gasteiger partial charge in [0, 0.05) is 38.4 Å². The van der Waals surface area contributed by atoms with Gasteiger partial charge in [-0.25, -0.2) is 9.37 Å². The summed E-state index contributed by atoms with van der Waals surface area (Å²) in [5, 5.41) is 11.1. The van der Waals surface area contributed by atoms with Crippen molar-refractivity contribution in [1.29, 1.82) is 0 Å². The molecule has 1 N–H and O–H groups in total. The van der Waals surface area contributed by atoms with Gasteiger partial charge in [-0.15, -0.1) is 0 Å². The number of rotatable bonds is 12. The lowest BCUT2D eigenvalue weighted by Gasteiger charge is -2.27. The number of halogens is 1. The van der Waals surface area contributed by atoms with E-state index in [2.05, 4.69) is 27.4 Å². The van der Waals surface area contributed by atoms with E-state index in [0.717, 1.165) is 68.3 Å². The fourth-order valence-corrected chi connectivity index (χ4v) is 4.77. The SMILES string of the molecule is CCc1nccn1CCCOc1ccc(CN2CCC[C@@](O)(COc3ccccc3F)CC2)cc1OC. The van der Waals surface area contributed by atoms with Crippen molar-refractivity contribution in [1.82, 2.24) is 14.5 Å². The normalized spacial score (nSPS) is 18.4. The Labute approximate surface area is 218 Å². The Morgan fingerprint density at radius 1 is 1.05 bits per heavy atom. The smallest absolute Gasteiger partial charge is 0.165 e. The maximum absolute atomic E-state index is 13.9. The van der Waals surface area contributed by atoms with Gasteiger partial charge in [0.1, 0.15) is 12.4 Å². The molecular formula is C29H38FN3O4. The summed E-state index contributed by atoms with van der Waals surface area (Å²) in [7, 11) is 1.66. The molecule has 1 aliphatic rings. The van der Waals surface area contributed by atoms with Crippen molar-refractivity contribution in [3.8, 4) is 17.2 Å². The molecule has 4 rings (SSSR count). The minimum atomic E-state index is -0.971. The number of imidazole rings is 1. The summed E-state index contributed by atoms with van der Waals surface area (Å²) >= 11 is 0. The largest absolute Gasteiger partial charge is 0.493 e. The van der Waals surface area contributed by atoms with E-state index < -0.39 is 11.4 Å². The lowest BCUT2D eigenvalue weighted by molar-refractivity contribution is -0.0177. The molecule has 0 saturated carbocycles. The average Bonchev–Trinajstić information content (AvgIpc) is 3.29. The molecule has 0 spiro atoms. The molecular weight excluding hydrogens is 473 g/mol. The van der Waals surface area contributed by atoms with Crippen molar-refractivity contribution in [3.63, 3.8) is 0 Å². The van der Waals surface area contributed by atoms with E-state index in [-0.39, 0.29) is 12.4 Å². The van der Waals surface area contributed by atoms with Crippen molar-refractivity contribution in [2.24, 2.45) is 0 Å². The number of benzene rings is 2. The van der Waals surface area contributed by atoms with E-state index in [0.29, 0.717) is 19.4 Å². The second kappa shape index (κ2) is 12.9. The van der Waals surface area contributed by atoms with Crippen LogP contribution < -0.4 is 14.2 Å². The Hall–Kier alpha value is -3.10. The van der Waals surface area contributed by atoms with Crippen LogP contribution in [0.2, 0.25) is 0 Å². The molecule has 8 heteroatoms. The average molecular weight is 512 g/mol. The van der Waals surface area contributed by atoms with Crippen LogP contribution in [0.25, 0.3) is 0 Å². The molecule has 1 saturated heterocycles. The predicted molar refractivity (Wildman–Crippen MR) is 141 cm³/mol. The molecule has 0 unspecified atom stereocenters.